The highest BCUT2D eigenvalue weighted by Crippen LogP contribution is 2.09. The molecule has 0 saturated carbocycles. The normalized spacial score (nSPS) is 12.7. The second-order valence-electron chi connectivity index (χ2n) is 4.58. The van der Waals surface area contributed by atoms with Crippen LogP contribution in [0.1, 0.15) is 31.7 Å². The van der Waals surface area contributed by atoms with Crippen molar-refractivity contribution in [2.45, 2.75) is 33.1 Å². The van der Waals surface area contributed by atoms with Gasteiger partial charge in [-0.15, -0.1) is 0 Å². The molecule has 17 heavy (non-hydrogen) atoms. The maximum absolute atomic E-state index is 11.9. The lowest BCUT2D eigenvalue weighted by molar-refractivity contribution is -0.119. The first-order valence-electron chi connectivity index (χ1n) is 6.09. The third-order valence-corrected chi connectivity index (χ3v) is 2.80. The Morgan fingerprint density at radius 2 is 2.29 bits per heavy atom. The van der Waals surface area contributed by atoms with E-state index in [1.54, 1.807) is 11.8 Å². The minimum atomic E-state index is 0.250. The molecular weight excluding hydrogens is 216 g/mol. The van der Waals surface area contributed by atoms with Crippen LogP contribution < -0.4 is 0 Å². The number of carbonyl (C=O) groups excluding carboxylic acids is 1. The number of aromatic nitrogens is 2. The molecule has 0 N–H and O–H groups in total. The molecule has 0 aliphatic carbocycles. The summed E-state index contributed by atoms with van der Waals surface area (Å²) in [5, 5.41) is 4.34. The largest absolute Gasteiger partial charge is 0.384 e. The van der Waals surface area contributed by atoms with Gasteiger partial charge in [0.2, 0.25) is 0 Å². The molecule has 0 amide bonds. The highest BCUT2D eigenvalue weighted by atomic mass is 16.5. The Morgan fingerprint density at radius 3 is 2.82 bits per heavy atom. The molecule has 4 heteroatoms. The maximum atomic E-state index is 11.9. The number of aryl methyl sites for hydroxylation is 2. The zero-order valence-corrected chi connectivity index (χ0v) is 11.2. The Bertz CT molecular complexity index is 371. The molecule has 1 aromatic heterocycles. The summed E-state index contributed by atoms with van der Waals surface area (Å²) in [4.78, 5) is 11.9. The number of ether oxygens (including phenoxy) is 1. The summed E-state index contributed by atoms with van der Waals surface area (Å²) in [6.07, 6.45) is 1.94. The number of rotatable bonds is 7. The highest BCUT2D eigenvalue weighted by Gasteiger charge is 2.12. The molecule has 1 unspecified atom stereocenters. The Morgan fingerprint density at radius 1 is 1.59 bits per heavy atom. The van der Waals surface area contributed by atoms with Crippen molar-refractivity contribution >= 4 is 5.78 Å². The van der Waals surface area contributed by atoms with E-state index in [1.807, 2.05) is 20.0 Å². The number of carbonyl (C=O) groups is 1. The second-order valence-corrected chi connectivity index (χ2v) is 4.58. The highest BCUT2D eigenvalue weighted by molar-refractivity contribution is 5.80. The predicted octanol–water partition coefficient (Wildman–Crippen LogP) is 1.77. The van der Waals surface area contributed by atoms with E-state index in [0.717, 1.165) is 17.8 Å². The summed E-state index contributed by atoms with van der Waals surface area (Å²) in [6, 6.07) is 2.01. The van der Waals surface area contributed by atoms with Crippen LogP contribution in [0.2, 0.25) is 0 Å². The van der Waals surface area contributed by atoms with Crippen LogP contribution in [0.15, 0.2) is 6.07 Å². The summed E-state index contributed by atoms with van der Waals surface area (Å²) < 4.78 is 6.83. The van der Waals surface area contributed by atoms with Gasteiger partial charge in [0.05, 0.1) is 5.69 Å². The standard InChI is InChI=1S/C13H22N2O2/c1-5-11-7-12(15(3)14-11)8-13(16)6-10(2)9-17-4/h7,10H,5-6,8-9H2,1-4H3. The number of nitrogens with zero attached hydrogens (tertiary/aromatic N) is 2. The van der Waals surface area contributed by atoms with E-state index < -0.39 is 0 Å². The van der Waals surface area contributed by atoms with Crippen molar-refractivity contribution in [3.8, 4) is 0 Å². The topological polar surface area (TPSA) is 44.1 Å². The average molecular weight is 238 g/mol. The molecule has 4 nitrogen and oxygen atoms in total. The fourth-order valence-electron chi connectivity index (χ4n) is 1.92. The molecule has 96 valence electrons. The van der Waals surface area contributed by atoms with Crippen LogP contribution in [0.4, 0.5) is 0 Å². The molecule has 1 atom stereocenters. The summed E-state index contributed by atoms with van der Waals surface area (Å²) in [5.41, 5.74) is 2.04. The molecule has 1 rings (SSSR count). The van der Waals surface area contributed by atoms with Gasteiger partial charge in [0, 0.05) is 39.3 Å². The smallest absolute Gasteiger partial charge is 0.139 e. The van der Waals surface area contributed by atoms with Gasteiger partial charge in [-0.1, -0.05) is 13.8 Å². The van der Waals surface area contributed by atoms with E-state index in [1.165, 1.54) is 0 Å². The quantitative estimate of drug-likeness (QED) is 0.727. The van der Waals surface area contributed by atoms with Crippen molar-refractivity contribution in [2.75, 3.05) is 13.7 Å². The summed E-state index contributed by atoms with van der Waals surface area (Å²) >= 11 is 0. The first-order valence-corrected chi connectivity index (χ1v) is 6.09. The predicted molar refractivity (Wildman–Crippen MR) is 67.0 cm³/mol. The van der Waals surface area contributed by atoms with Crippen LogP contribution in [-0.2, 0) is 29.4 Å². The minimum Gasteiger partial charge on any atom is -0.384 e. The van der Waals surface area contributed by atoms with Crippen molar-refractivity contribution in [2.24, 2.45) is 13.0 Å². The van der Waals surface area contributed by atoms with Gasteiger partial charge < -0.3 is 4.74 Å². The lowest BCUT2D eigenvalue weighted by Gasteiger charge is -2.08. The van der Waals surface area contributed by atoms with Gasteiger partial charge in [0.1, 0.15) is 5.78 Å². The van der Waals surface area contributed by atoms with Gasteiger partial charge in [-0.3, -0.25) is 9.48 Å². The van der Waals surface area contributed by atoms with Gasteiger partial charge in [0.15, 0.2) is 0 Å². The van der Waals surface area contributed by atoms with Crippen molar-refractivity contribution in [1.82, 2.24) is 9.78 Å². The zero-order chi connectivity index (χ0) is 12.8. The van der Waals surface area contributed by atoms with E-state index in [2.05, 4.69) is 12.0 Å². The Balaban J connectivity index is 2.52. The fourth-order valence-corrected chi connectivity index (χ4v) is 1.92. The van der Waals surface area contributed by atoms with E-state index >= 15 is 0 Å². The summed E-state index contributed by atoms with van der Waals surface area (Å²) in [5.74, 6) is 0.534. The Hall–Kier alpha value is -1.16. The molecule has 0 radical (unpaired) electrons. The summed E-state index contributed by atoms with van der Waals surface area (Å²) in [7, 11) is 3.55. The van der Waals surface area contributed by atoms with Crippen molar-refractivity contribution in [3.63, 3.8) is 0 Å². The molecule has 0 aliphatic rings. The van der Waals surface area contributed by atoms with Crippen LogP contribution >= 0.6 is 0 Å². The van der Waals surface area contributed by atoms with Gasteiger partial charge in [-0.2, -0.15) is 5.10 Å². The maximum Gasteiger partial charge on any atom is 0.139 e. The van der Waals surface area contributed by atoms with Crippen LogP contribution in [0.3, 0.4) is 0 Å². The van der Waals surface area contributed by atoms with Gasteiger partial charge >= 0.3 is 0 Å². The molecule has 1 heterocycles. The van der Waals surface area contributed by atoms with E-state index in [0.29, 0.717) is 19.4 Å². The SMILES string of the molecule is CCc1cc(CC(=O)CC(C)COC)n(C)n1. The van der Waals surface area contributed by atoms with Crippen molar-refractivity contribution in [3.05, 3.63) is 17.5 Å². The monoisotopic (exact) mass is 238 g/mol. The van der Waals surface area contributed by atoms with E-state index in [9.17, 15) is 4.79 Å². The number of Topliss-reactive ketones (excluding diaryl/α,β-unsaturated/α-hetero) is 1. The third kappa shape index (κ3) is 4.30. The first-order chi connectivity index (χ1) is 8.06. The average Bonchev–Trinajstić information content (AvgIpc) is 2.59. The Kier molecular flexibility index (Phi) is 5.35. The van der Waals surface area contributed by atoms with Crippen LogP contribution in [-0.4, -0.2) is 29.3 Å². The molecule has 0 fully saturated rings. The molecule has 0 aliphatic heterocycles. The summed E-state index contributed by atoms with van der Waals surface area (Å²) in [6.45, 7) is 4.73. The third-order valence-electron chi connectivity index (χ3n) is 2.80. The molecule has 0 saturated heterocycles. The van der Waals surface area contributed by atoms with Gasteiger partial charge in [-0.25, -0.2) is 0 Å². The number of methoxy groups -OCH3 is 1. The molecule has 0 bridgehead atoms. The van der Waals surface area contributed by atoms with Crippen LogP contribution in [0, 0.1) is 5.92 Å². The van der Waals surface area contributed by atoms with Gasteiger partial charge in [0.25, 0.3) is 0 Å². The fraction of sp³-hybridized carbons (Fsp3) is 0.692. The Labute approximate surface area is 103 Å². The second kappa shape index (κ2) is 6.55. The van der Waals surface area contributed by atoms with Crippen LogP contribution in [0.5, 0.6) is 0 Å². The van der Waals surface area contributed by atoms with Gasteiger partial charge in [-0.05, 0) is 18.4 Å². The number of hydrogen-bond acceptors (Lipinski definition) is 3. The van der Waals surface area contributed by atoms with Crippen molar-refractivity contribution in [1.29, 1.82) is 0 Å². The van der Waals surface area contributed by atoms with Crippen molar-refractivity contribution < 1.29 is 9.53 Å². The molecule has 0 spiro atoms. The minimum absolute atomic E-state index is 0.250. The molecule has 0 aromatic carbocycles. The first kappa shape index (κ1) is 13.9. The number of hydrogen-bond donors (Lipinski definition) is 0. The zero-order valence-electron chi connectivity index (χ0n) is 11.2. The lowest BCUT2D eigenvalue weighted by atomic mass is 10.0. The van der Waals surface area contributed by atoms with E-state index in [-0.39, 0.29) is 11.7 Å². The molecular formula is C13H22N2O2. The van der Waals surface area contributed by atoms with E-state index in [4.69, 9.17) is 4.74 Å². The molecule has 1 aromatic rings. The lowest BCUT2D eigenvalue weighted by Crippen LogP contribution is -2.14. The van der Waals surface area contributed by atoms with Crippen LogP contribution in [0.25, 0.3) is 0 Å². The number of ketones is 1.